The monoisotopic (exact) mass is 565 g/mol. The summed E-state index contributed by atoms with van der Waals surface area (Å²) in [6, 6.07) is 7.77. The normalized spacial score (nSPS) is 25.5. The van der Waals surface area contributed by atoms with E-state index in [0.717, 1.165) is 28.3 Å². The molecule has 4 atom stereocenters. The van der Waals surface area contributed by atoms with Crippen molar-refractivity contribution in [2.45, 2.75) is 64.3 Å². The third-order valence-corrected chi connectivity index (χ3v) is 9.15. The van der Waals surface area contributed by atoms with Crippen molar-refractivity contribution in [2.75, 3.05) is 6.61 Å². The highest BCUT2D eigenvalue weighted by Gasteiger charge is 2.60. The Hall–Kier alpha value is -3.56. The Morgan fingerprint density at radius 2 is 1.80 bits per heavy atom. The van der Waals surface area contributed by atoms with E-state index in [9.17, 15) is 24.5 Å². The molecule has 1 aromatic heterocycles. The summed E-state index contributed by atoms with van der Waals surface area (Å²) in [5.74, 6) is -1.47. The topological polar surface area (TPSA) is 109 Å². The van der Waals surface area contributed by atoms with Crippen molar-refractivity contribution in [1.29, 1.82) is 0 Å². The first-order valence-electron chi connectivity index (χ1n) is 13.9. The molecule has 0 radical (unpaired) electrons. The summed E-state index contributed by atoms with van der Waals surface area (Å²) < 4.78 is 41.7. The molecule has 6 rings (SSSR count). The van der Waals surface area contributed by atoms with Gasteiger partial charge in [-0.3, -0.25) is 4.79 Å². The summed E-state index contributed by atoms with van der Waals surface area (Å²) in [4.78, 5) is 15.6. The first-order chi connectivity index (χ1) is 19.5. The summed E-state index contributed by atoms with van der Waals surface area (Å²) in [7, 11) is 0. The minimum Gasteiger partial charge on any atom is -0.490 e. The minimum atomic E-state index is -1.13. The molecule has 3 aliphatic rings. The van der Waals surface area contributed by atoms with E-state index >= 15 is 4.39 Å². The standard InChI is InChI=1S/C32H33F2NO6/c1-15-4-20(41-21-9-19(10-21)32(3,39)14-36)5-16(2)28(15)22-7-18(25(33)11-26(22)34)13-40-27-8-17-6-23-29(24(17)12-35-27)30(23)31(37)38/h4-5,7-8,11-12,19,21,23,29-30,36,39H,6,9-10,13-14H2,1-3H3,(H,37,38)/t19-,21-,23-,29-,30+,32+/m1/s1. The van der Waals surface area contributed by atoms with Gasteiger partial charge in [0.25, 0.3) is 0 Å². The largest absolute Gasteiger partial charge is 0.490 e. The maximum absolute atomic E-state index is 15.1. The summed E-state index contributed by atoms with van der Waals surface area (Å²) in [6.45, 7) is 4.88. The van der Waals surface area contributed by atoms with Crippen LogP contribution in [0, 0.1) is 43.2 Å². The van der Waals surface area contributed by atoms with Crippen molar-refractivity contribution in [3.05, 3.63) is 76.0 Å². The third-order valence-electron chi connectivity index (χ3n) is 9.15. The van der Waals surface area contributed by atoms with E-state index in [2.05, 4.69) is 4.98 Å². The van der Waals surface area contributed by atoms with E-state index in [-0.39, 0.29) is 54.1 Å². The minimum absolute atomic E-state index is 0.0117. The van der Waals surface area contributed by atoms with Crippen LogP contribution >= 0.6 is 0 Å². The molecular formula is C32H33F2NO6. The number of ether oxygens (including phenoxy) is 2. The lowest BCUT2D eigenvalue weighted by Gasteiger charge is -2.43. The number of aliphatic hydroxyl groups is 2. The zero-order valence-electron chi connectivity index (χ0n) is 23.2. The second-order valence-corrected chi connectivity index (χ2v) is 12.0. The van der Waals surface area contributed by atoms with Gasteiger partial charge in [-0.2, -0.15) is 0 Å². The number of hydrogen-bond acceptors (Lipinski definition) is 6. The summed E-state index contributed by atoms with van der Waals surface area (Å²) in [5.41, 5.74) is 3.46. The van der Waals surface area contributed by atoms with E-state index in [4.69, 9.17) is 9.47 Å². The van der Waals surface area contributed by atoms with Gasteiger partial charge in [-0.05, 0) is 97.9 Å². The van der Waals surface area contributed by atoms with Gasteiger partial charge in [0, 0.05) is 35.4 Å². The summed E-state index contributed by atoms with van der Waals surface area (Å²) >= 11 is 0. The molecule has 0 spiro atoms. The van der Waals surface area contributed by atoms with Gasteiger partial charge in [0.1, 0.15) is 24.0 Å². The first-order valence-corrected chi connectivity index (χ1v) is 13.9. The SMILES string of the molecule is Cc1cc(O[C@H]2C[C@H]([C@@](C)(O)CO)C2)cc(C)c1-c1cc(COc2cc3c(cn2)[C@H]2[C@@H](C3)[C@@H]2C(=O)O)c(F)cc1F. The zero-order chi connectivity index (χ0) is 29.2. The van der Waals surface area contributed by atoms with Crippen LogP contribution in [0.25, 0.3) is 11.1 Å². The van der Waals surface area contributed by atoms with Crippen LogP contribution in [0.5, 0.6) is 11.6 Å². The van der Waals surface area contributed by atoms with Gasteiger partial charge in [-0.25, -0.2) is 13.8 Å². The van der Waals surface area contributed by atoms with E-state index in [1.54, 1.807) is 19.2 Å². The first kappa shape index (κ1) is 27.6. The lowest BCUT2D eigenvalue weighted by Crippen LogP contribution is -2.49. The third kappa shape index (κ3) is 4.95. The number of aromatic nitrogens is 1. The van der Waals surface area contributed by atoms with Gasteiger partial charge >= 0.3 is 5.97 Å². The van der Waals surface area contributed by atoms with Crippen LogP contribution in [0.15, 0.2) is 36.5 Å². The summed E-state index contributed by atoms with van der Waals surface area (Å²) in [5, 5.41) is 28.9. The van der Waals surface area contributed by atoms with Gasteiger partial charge in [0.05, 0.1) is 24.2 Å². The molecule has 1 heterocycles. The smallest absolute Gasteiger partial charge is 0.307 e. The number of carboxylic acid groups (broad SMARTS) is 1. The number of aliphatic hydroxyl groups excluding tert-OH is 1. The number of hydrogen-bond donors (Lipinski definition) is 3. The molecule has 0 saturated heterocycles. The van der Waals surface area contributed by atoms with Crippen LogP contribution in [0.2, 0.25) is 0 Å². The molecule has 3 aromatic rings. The van der Waals surface area contributed by atoms with Crippen LogP contribution in [-0.4, -0.2) is 44.6 Å². The van der Waals surface area contributed by atoms with E-state index in [1.807, 2.05) is 26.0 Å². The summed E-state index contributed by atoms with van der Waals surface area (Å²) in [6.07, 6.45) is 3.50. The van der Waals surface area contributed by atoms with Gasteiger partial charge in [0.15, 0.2) is 0 Å². The Kier molecular flexibility index (Phi) is 6.77. The Bertz CT molecular complexity index is 1510. The van der Waals surface area contributed by atoms with Gasteiger partial charge in [0.2, 0.25) is 5.88 Å². The van der Waals surface area contributed by atoms with Crippen molar-refractivity contribution >= 4 is 5.97 Å². The number of nitrogens with zero attached hydrogens (tertiary/aromatic N) is 1. The highest BCUT2D eigenvalue weighted by molar-refractivity contribution is 5.78. The van der Waals surface area contributed by atoms with Crippen LogP contribution in [0.1, 0.15) is 53.5 Å². The number of fused-ring (bicyclic) bond motifs is 3. The van der Waals surface area contributed by atoms with Crippen LogP contribution < -0.4 is 9.47 Å². The average molecular weight is 566 g/mol. The van der Waals surface area contributed by atoms with Crippen molar-refractivity contribution in [3.8, 4) is 22.8 Å². The van der Waals surface area contributed by atoms with Crippen LogP contribution in [0.4, 0.5) is 8.78 Å². The maximum atomic E-state index is 15.1. The van der Waals surface area contributed by atoms with Crippen molar-refractivity contribution in [1.82, 2.24) is 4.98 Å². The average Bonchev–Trinajstić information content (AvgIpc) is 3.48. The molecule has 216 valence electrons. The van der Waals surface area contributed by atoms with Crippen LogP contribution in [0.3, 0.4) is 0 Å². The molecule has 2 aromatic carbocycles. The number of halogens is 2. The predicted octanol–water partition coefficient (Wildman–Crippen LogP) is 5.09. The fourth-order valence-corrected chi connectivity index (χ4v) is 6.64. The molecule has 3 N–H and O–H groups in total. The lowest BCUT2D eigenvalue weighted by molar-refractivity contribution is -0.139. The molecular weight excluding hydrogens is 532 g/mol. The number of benzene rings is 2. The highest BCUT2D eigenvalue weighted by atomic mass is 19.1. The van der Waals surface area contributed by atoms with Crippen molar-refractivity contribution in [3.63, 3.8) is 0 Å². The van der Waals surface area contributed by atoms with E-state index in [1.165, 1.54) is 6.07 Å². The Labute approximate surface area is 236 Å². The molecule has 3 aliphatic carbocycles. The van der Waals surface area contributed by atoms with Gasteiger partial charge in [-0.1, -0.05) is 0 Å². The number of aliphatic carboxylic acids is 1. The van der Waals surface area contributed by atoms with E-state index < -0.39 is 23.2 Å². The number of pyridine rings is 1. The second kappa shape index (κ2) is 10.1. The molecule has 9 heteroatoms. The molecule has 41 heavy (non-hydrogen) atoms. The Balaban J connectivity index is 1.16. The van der Waals surface area contributed by atoms with Crippen molar-refractivity contribution < 1.29 is 38.4 Å². The number of rotatable bonds is 9. The quantitative estimate of drug-likeness (QED) is 0.332. The second-order valence-electron chi connectivity index (χ2n) is 12.0. The zero-order valence-corrected chi connectivity index (χ0v) is 23.2. The maximum Gasteiger partial charge on any atom is 0.307 e. The molecule has 7 nitrogen and oxygen atoms in total. The molecule has 0 bridgehead atoms. The molecule has 0 amide bonds. The van der Waals surface area contributed by atoms with Gasteiger partial charge in [-0.15, -0.1) is 0 Å². The Morgan fingerprint density at radius 1 is 1.10 bits per heavy atom. The fourth-order valence-electron chi connectivity index (χ4n) is 6.64. The molecule has 0 unspecified atom stereocenters. The molecule has 2 fully saturated rings. The molecule has 2 saturated carbocycles. The number of aryl methyl sites for hydroxylation is 2. The lowest BCUT2D eigenvalue weighted by atomic mass is 9.72. The van der Waals surface area contributed by atoms with Crippen LogP contribution in [-0.2, 0) is 17.8 Å². The highest BCUT2D eigenvalue weighted by Crippen LogP contribution is 2.61. The number of carboxylic acids is 1. The predicted molar refractivity (Wildman–Crippen MR) is 146 cm³/mol. The van der Waals surface area contributed by atoms with E-state index in [0.29, 0.717) is 36.5 Å². The fraction of sp³-hybridized carbons (Fsp3) is 0.438. The molecule has 0 aliphatic heterocycles. The number of carbonyl (C=O) groups is 1. The van der Waals surface area contributed by atoms with Crippen molar-refractivity contribution in [2.24, 2.45) is 17.8 Å². The van der Waals surface area contributed by atoms with Gasteiger partial charge < -0.3 is 24.8 Å². The Morgan fingerprint density at radius 3 is 2.46 bits per heavy atom.